The van der Waals surface area contributed by atoms with E-state index in [1.165, 1.54) is 11.8 Å². The lowest BCUT2D eigenvalue weighted by atomic mass is 10.3. The van der Waals surface area contributed by atoms with Crippen molar-refractivity contribution in [1.29, 1.82) is 5.26 Å². The molecule has 0 N–H and O–H groups in total. The van der Waals surface area contributed by atoms with Crippen molar-refractivity contribution in [3.8, 4) is 17.5 Å². The second kappa shape index (κ2) is 6.75. The number of benzene rings is 1. The zero-order valence-electron chi connectivity index (χ0n) is 10.5. The maximum absolute atomic E-state index is 8.50. The van der Waals surface area contributed by atoms with Gasteiger partial charge in [0.25, 0.3) is 0 Å². The van der Waals surface area contributed by atoms with Crippen molar-refractivity contribution in [2.75, 3.05) is 12.9 Å². The van der Waals surface area contributed by atoms with Gasteiger partial charge >= 0.3 is 0 Å². The molecule has 2 aromatic rings. The van der Waals surface area contributed by atoms with Gasteiger partial charge in [0.2, 0.25) is 5.16 Å². The van der Waals surface area contributed by atoms with Crippen LogP contribution in [0.15, 0.2) is 29.4 Å². The number of thioether (sulfide) groups is 1. The summed E-state index contributed by atoms with van der Waals surface area (Å²) in [6, 6.07) is 9.68. The summed E-state index contributed by atoms with van der Waals surface area (Å²) in [5.41, 5.74) is 0.804. The molecule has 0 saturated carbocycles. The minimum Gasteiger partial charge on any atom is -0.494 e. The minimum atomic E-state index is 0.545. The Balaban J connectivity index is 2.17. The lowest BCUT2D eigenvalue weighted by Crippen LogP contribution is -2.02. The topological polar surface area (TPSA) is 76.6 Å². The number of ether oxygens (including phenoxy) is 1. The van der Waals surface area contributed by atoms with E-state index >= 15 is 0 Å². The second-order valence-corrected chi connectivity index (χ2v) is 4.72. The predicted octanol–water partition coefficient (Wildman–Crippen LogP) is 2.07. The Labute approximate surface area is 115 Å². The number of aromatic nitrogens is 4. The summed E-state index contributed by atoms with van der Waals surface area (Å²) in [5.74, 6) is 1.52. The molecule has 6 nitrogen and oxygen atoms in total. The Morgan fingerprint density at radius 2 is 2.26 bits per heavy atom. The molecule has 1 aromatic carbocycles. The molecule has 19 heavy (non-hydrogen) atoms. The van der Waals surface area contributed by atoms with Gasteiger partial charge in [0.1, 0.15) is 11.4 Å². The Morgan fingerprint density at radius 3 is 3.05 bits per heavy atom. The molecule has 0 bridgehead atoms. The molecule has 0 aliphatic heterocycles. The number of unbranched alkanes of at least 4 members (excludes halogenated alkanes) is 1. The van der Waals surface area contributed by atoms with E-state index < -0.39 is 0 Å². The standard InChI is InChI=1S/C12H13N5OS/c1-18-11-7-3-2-6-10(11)17-12(14-15-16-17)19-9-5-4-8-13/h2-3,6-7H,4-5,9H2,1H3. The van der Waals surface area contributed by atoms with Crippen LogP contribution in [0.2, 0.25) is 0 Å². The summed E-state index contributed by atoms with van der Waals surface area (Å²) in [5, 5.41) is 20.9. The molecule has 0 amide bonds. The molecule has 0 atom stereocenters. The first-order valence-electron chi connectivity index (χ1n) is 5.78. The fourth-order valence-electron chi connectivity index (χ4n) is 1.54. The number of hydrogen-bond donors (Lipinski definition) is 0. The predicted molar refractivity (Wildman–Crippen MR) is 71.3 cm³/mol. The van der Waals surface area contributed by atoms with Gasteiger partial charge in [0.15, 0.2) is 0 Å². The lowest BCUT2D eigenvalue weighted by molar-refractivity contribution is 0.410. The molecular formula is C12H13N5OS. The van der Waals surface area contributed by atoms with Crippen molar-refractivity contribution in [2.45, 2.75) is 18.0 Å². The van der Waals surface area contributed by atoms with E-state index in [1.54, 1.807) is 11.8 Å². The molecular weight excluding hydrogens is 262 g/mol. The summed E-state index contributed by atoms with van der Waals surface area (Å²) in [4.78, 5) is 0. The van der Waals surface area contributed by atoms with E-state index in [0.717, 1.165) is 17.9 Å². The van der Waals surface area contributed by atoms with Gasteiger partial charge in [-0.2, -0.15) is 9.94 Å². The number of nitriles is 1. The Morgan fingerprint density at radius 1 is 1.42 bits per heavy atom. The van der Waals surface area contributed by atoms with Crippen molar-refractivity contribution >= 4 is 11.8 Å². The van der Waals surface area contributed by atoms with Gasteiger partial charge in [-0.3, -0.25) is 0 Å². The summed E-state index contributed by atoms with van der Waals surface area (Å²) >= 11 is 1.53. The van der Waals surface area contributed by atoms with E-state index in [0.29, 0.717) is 17.3 Å². The Hall–Kier alpha value is -2.07. The quantitative estimate of drug-likeness (QED) is 0.593. The first-order valence-corrected chi connectivity index (χ1v) is 6.77. The maximum atomic E-state index is 8.50. The van der Waals surface area contributed by atoms with Crippen LogP contribution >= 0.6 is 11.8 Å². The number of para-hydroxylation sites is 2. The summed E-state index contributed by atoms with van der Waals surface area (Å²) in [6.45, 7) is 0. The summed E-state index contributed by atoms with van der Waals surface area (Å²) < 4.78 is 6.95. The second-order valence-electron chi connectivity index (χ2n) is 3.66. The molecule has 1 aromatic heterocycles. The number of methoxy groups -OCH3 is 1. The van der Waals surface area contributed by atoms with Gasteiger partial charge in [0.05, 0.1) is 13.2 Å². The highest BCUT2D eigenvalue weighted by molar-refractivity contribution is 7.99. The maximum Gasteiger partial charge on any atom is 0.214 e. The molecule has 1 heterocycles. The third-order valence-corrected chi connectivity index (χ3v) is 3.42. The number of tetrazole rings is 1. The van der Waals surface area contributed by atoms with Crippen LogP contribution in [-0.2, 0) is 0 Å². The van der Waals surface area contributed by atoms with Crippen LogP contribution in [0.25, 0.3) is 5.69 Å². The zero-order chi connectivity index (χ0) is 13.5. The van der Waals surface area contributed by atoms with Crippen LogP contribution in [-0.4, -0.2) is 33.1 Å². The third kappa shape index (κ3) is 3.23. The molecule has 0 spiro atoms. The Kier molecular flexibility index (Phi) is 4.75. The zero-order valence-corrected chi connectivity index (χ0v) is 11.3. The van der Waals surface area contributed by atoms with Gasteiger partial charge in [-0.25, -0.2) is 0 Å². The van der Waals surface area contributed by atoms with Crippen LogP contribution in [0, 0.1) is 11.3 Å². The van der Waals surface area contributed by atoms with Crippen LogP contribution in [0.4, 0.5) is 0 Å². The molecule has 0 unspecified atom stereocenters. The van der Waals surface area contributed by atoms with Gasteiger partial charge in [-0.15, -0.1) is 5.10 Å². The molecule has 0 aliphatic carbocycles. The number of hydrogen-bond acceptors (Lipinski definition) is 6. The molecule has 0 fully saturated rings. The van der Waals surface area contributed by atoms with E-state index in [1.807, 2.05) is 24.3 Å². The van der Waals surface area contributed by atoms with Crippen molar-refractivity contribution < 1.29 is 4.74 Å². The smallest absolute Gasteiger partial charge is 0.214 e. The van der Waals surface area contributed by atoms with Gasteiger partial charge < -0.3 is 4.74 Å². The molecule has 2 rings (SSSR count). The van der Waals surface area contributed by atoms with Gasteiger partial charge in [-0.1, -0.05) is 23.9 Å². The van der Waals surface area contributed by atoms with E-state index in [-0.39, 0.29) is 0 Å². The van der Waals surface area contributed by atoms with E-state index in [2.05, 4.69) is 21.6 Å². The van der Waals surface area contributed by atoms with Crippen LogP contribution < -0.4 is 4.74 Å². The highest BCUT2D eigenvalue weighted by Crippen LogP contribution is 2.25. The molecule has 0 aliphatic rings. The average Bonchev–Trinajstić information content (AvgIpc) is 2.92. The largest absolute Gasteiger partial charge is 0.494 e. The fraction of sp³-hybridized carbons (Fsp3) is 0.333. The molecule has 98 valence electrons. The average molecular weight is 275 g/mol. The van der Waals surface area contributed by atoms with Crippen molar-refractivity contribution in [2.24, 2.45) is 0 Å². The SMILES string of the molecule is COc1ccccc1-n1nnnc1SCCCC#N. The summed E-state index contributed by atoms with van der Waals surface area (Å²) in [6.07, 6.45) is 1.36. The highest BCUT2D eigenvalue weighted by Gasteiger charge is 2.12. The van der Waals surface area contributed by atoms with Crippen molar-refractivity contribution in [1.82, 2.24) is 20.2 Å². The lowest BCUT2D eigenvalue weighted by Gasteiger charge is -2.08. The molecule has 0 radical (unpaired) electrons. The molecule has 0 saturated heterocycles. The van der Waals surface area contributed by atoms with Crippen molar-refractivity contribution in [3.05, 3.63) is 24.3 Å². The van der Waals surface area contributed by atoms with Gasteiger partial charge in [-0.05, 0) is 29.0 Å². The van der Waals surface area contributed by atoms with Crippen LogP contribution in [0.3, 0.4) is 0 Å². The first kappa shape index (κ1) is 13.4. The normalized spacial score (nSPS) is 10.1. The number of nitrogens with zero attached hydrogens (tertiary/aromatic N) is 5. The third-order valence-electron chi connectivity index (χ3n) is 2.42. The van der Waals surface area contributed by atoms with Gasteiger partial charge in [0, 0.05) is 12.2 Å². The van der Waals surface area contributed by atoms with Crippen LogP contribution in [0.5, 0.6) is 5.75 Å². The fourth-order valence-corrected chi connectivity index (χ4v) is 2.36. The van der Waals surface area contributed by atoms with E-state index in [4.69, 9.17) is 10.00 Å². The highest BCUT2D eigenvalue weighted by atomic mass is 32.2. The molecule has 7 heteroatoms. The Bertz CT molecular complexity index is 577. The summed E-state index contributed by atoms with van der Waals surface area (Å²) in [7, 11) is 1.61. The van der Waals surface area contributed by atoms with Crippen molar-refractivity contribution in [3.63, 3.8) is 0 Å². The van der Waals surface area contributed by atoms with E-state index in [9.17, 15) is 0 Å². The first-order chi connectivity index (χ1) is 9.36. The van der Waals surface area contributed by atoms with Crippen LogP contribution in [0.1, 0.15) is 12.8 Å². The monoisotopic (exact) mass is 275 g/mol. The minimum absolute atomic E-state index is 0.545. The number of rotatable bonds is 6.